The number of aryl methyl sites for hydroxylation is 1. The van der Waals surface area contributed by atoms with Crippen LogP contribution in [0, 0.1) is 0 Å². The maximum absolute atomic E-state index is 13.2. The molecule has 0 aromatic heterocycles. The van der Waals surface area contributed by atoms with Crippen molar-refractivity contribution in [2.24, 2.45) is 11.5 Å². The van der Waals surface area contributed by atoms with E-state index in [4.69, 9.17) is 11.5 Å². The van der Waals surface area contributed by atoms with Crippen molar-refractivity contribution in [1.82, 2.24) is 4.72 Å². The molecule has 0 heterocycles. The Morgan fingerprint density at radius 3 is 1.81 bits per heavy atom. The summed E-state index contributed by atoms with van der Waals surface area (Å²) in [6.07, 6.45) is 0.703. The van der Waals surface area contributed by atoms with E-state index in [1.807, 2.05) is 60.7 Å². The zero-order valence-electron chi connectivity index (χ0n) is 17.4. The Bertz CT molecular complexity index is 1180. The van der Waals surface area contributed by atoms with Crippen molar-refractivity contribution in [3.8, 4) is 0 Å². The van der Waals surface area contributed by atoms with Gasteiger partial charge in [0.15, 0.2) is 0 Å². The van der Waals surface area contributed by atoms with Crippen molar-refractivity contribution in [3.05, 3.63) is 102 Å². The maximum atomic E-state index is 13.2. The zero-order chi connectivity index (χ0) is 23.2. The van der Waals surface area contributed by atoms with E-state index in [1.54, 1.807) is 0 Å². The van der Waals surface area contributed by atoms with Gasteiger partial charge in [-0.3, -0.25) is 9.59 Å². The van der Waals surface area contributed by atoms with Gasteiger partial charge in [0.1, 0.15) is 5.54 Å². The molecule has 3 rings (SSSR count). The molecule has 2 amide bonds. The molecule has 1 unspecified atom stereocenters. The summed E-state index contributed by atoms with van der Waals surface area (Å²) in [6, 6.07) is 23.7. The van der Waals surface area contributed by atoms with Crippen LogP contribution in [0.15, 0.2) is 89.8 Å². The molecular weight excluding hydrogens is 426 g/mol. The van der Waals surface area contributed by atoms with Gasteiger partial charge in [-0.2, -0.15) is 4.72 Å². The van der Waals surface area contributed by atoms with Gasteiger partial charge < -0.3 is 11.5 Å². The summed E-state index contributed by atoms with van der Waals surface area (Å²) in [6.45, 7) is 0. The number of amides is 2. The molecule has 8 heteroatoms. The molecule has 0 saturated carbocycles. The lowest BCUT2D eigenvalue weighted by Gasteiger charge is -2.32. The van der Waals surface area contributed by atoms with Crippen LogP contribution in [0.2, 0.25) is 0 Å². The molecule has 7 nitrogen and oxygen atoms in total. The third kappa shape index (κ3) is 5.60. The highest BCUT2D eigenvalue weighted by atomic mass is 32.2. The van der Waals surface area contributed by atoms with Gasteiger partial charge in [-0.25, -0.2) is 8.42 Å². The third-order valence-electron chi connectivity index (χ3n) is 5.28. The minimum Gasteiger partial charge on any atom is -0.368 e. The summed E-state index contributed by atoms with van der Waals surface area (Å²) in [4.78, 5) is 23.9. The molecule has 0 aliphatic rings. The van der Waals surface area contributed by atoms with Crippen LogP contribution in [0.25, 0.3) is 0 Å². The third-order valence-corrected chi connectivity index (χ3v) is 6.83. The molecule has 3 aromatic rings. The van der Waals surface area contributed by atoms with Crippen LogP contribution >= 0.6 is 0 Å². The van der Waals surface area contributed by atoms with Crippen LogP contribution in [0.5, 0.6) is 0 Å². The Kier molecular flexibility index (Phi) is 7.07. The smallest absolute Gasteiger partial charge is 0.248 e. The fraction of sp³-hybridized carbons (Fsp3) is 0.167. The first kappa shape index (κ1) is 23.2. The van der Waals surface area contributed by atoms with Gasteiger partial charge in [0.2, 0.25) is 21.8 Å². The van der Waals surface area contributed by atoms with Gasteiger partial charge in [-0.15, -0.1) is 0 Å². The molecule has 0 saturated heterocycles. The highest BCUT2D eigenvalue weighted by Crippen LogP contribution is 2.24. The number of hydrogen-bond donors (Lipinski definition) is 3. The molecule has 0 bridgehead atoms. The van der Waals surface area contributed by atoms with E-state index in [1.165, 1.54) is 24.3 Å². The Labute approximate surface area is 187 Å². The molecule has 1 atom stereocenters. The summed E-state index contributed by atoms with van der Waals surface area (Å²) in [5.41, 5.74) is 11.4. The van der Waals surface area contributed by atoms with Crippen molar-refractivity contribution in [1.29, 1.82) is 0 Å². The molecule has 0 radical (unpaired) electrons. The quantitative estimate of drug-likeness (QED) is 0.436. The summed E-state index contributed by atoms with van der Waals surface area (Å²) in [5.74, 6) is -1.44. The number of carbonyl (C=O) groups is 2. The fourth-order valence-electron chi connectivity index (χ4n) is 3.50. The minimum absolute atomic E-state index is 0.0919. The predicted octanol–water partition coefficient (Wildman–Crippen LogP) is 2.16. The highest BCUT2D eigenvalue weighted by Gasteiger charge is 2.40. The molecule has 0 aliphatic heterocycles. The first-order chi connectivity index (χ1) is 15.2. The SMILES string of the molecule is NC(=O)c1ccc(S(=O)(=O)NC(CCc2ccccc2)(Cc2ccccc2)C(N)=O)cc1. The van der Waals surface area contributed by atoms with Crippen molar-refractivity contribution in [2.75, 3.05) is 0 Å². The average Bonchev–Trinajstić information content (AvgIpc) is 2.78. The van der Waals surface area contributed by atoms with E-state index in [0.29, 0.717) is 6.42 Å². The normalized spacial score (nSPS) is 13.2. The van der Waals surface area contributed by atoms with Crippen LogP contribution in [0.1, 0.15) is 27.9 Å². The molecule has 166 valence electrons. The van der Waals surface area contributed by atoms with E-state index >= 15 is 0 Å². The van der Waals surface area contributed by atoms with Crippen LogP contribution in [0.4, 0.5) is 0 Å². The number of carbonyl (C=O) groups excluding carboxylic acids is 2. The number of nitrogens with two attached hydrogens (primary N) is 2. The zero-order valence-corrected chi connectivity index (χ0v) is 18.2. The Morgan fingerprint density at radius 1 is 0.781 bits per heavy atom. The van der Waals surface area contributed by atoms with Crippen LogP contribution in [-0.4, -0.2) is 25.8 Å². The summed E-state index contributed by atoms with van der Waals surface area (Å²) < 4.78 is 29.0. The number of benzene rings is 3. The van der Waals surface area contributed by atoms with Gasteiger partial charge in [0.25, 0.3) is 0 Å². The summed E-state index contributed by atoms with van der Waals surface area (Å²) in [5, 5.41) is 0. The van der Waals surface area contributed by atoms with Gasteiger partial charge >= 0.3 is 0 Å². The van der Waals surface area contributed by atoms with Crippen LogP contribution in [-0.2, 0) is 27.7 Å². The van der Waals surface area contributed by atoms with E-state index in [0.717, 1.165) is 11.1 Å². The number of rotatable bonds is 10. The van der Waals surface area contributed by atoms with Gasteiger partial charge in [-0.05, 0) is 48.2 Å². The van der Waals surface area contributed by atoms with Crippen molar-refractivity contribution in [3.63, 3.8) is 0 Å². The maximum Gasteiger partial charge on any atom is 0.248 e. The first-order valence-electron chi connectivity index (χ1n) is 10.0. The number of primary amides is 2. The summed E-state index contributed by atoms with van der Waals surface area (Å²) >= 11 is 0. The molecule has 0 aliphatic carbocycles. The molecule has 5 N–H and O–H groups in total. The Balaban J connectivity index is 1.97. The van der Waals surface area contributed by atoms with Crippen molar-refractivity contribution >= 4 is 21.8 Å². The first-order valence-corrected chi connectivity index (χ1v) is 11.5. The monoisotopic (exact) mass is 451 g/mol. The van der Waals surface area contributed by atoms with Crippen LogP contribution < -0.4 is 16.2 Å². The average molecular weight is 452 g/mol. The second kappa shape index (κ2) is 9.76. The van der Waals surface area contributed by atoms with E-state index in [9.17, 15) is 18.0 Å². The van der Waals surface area contributed by atoms with E-state index < -0.39 is 27.4 Å². The summed E-state index contributed by atoms with van der Waals surface area (Å²) in [7, 11) is -4.13. The number of sulfonamides is 1. The van der Waals surface area contributed by atoms with Crippen LogP contribution in [0.3, 0.4) is 0 Å². The second-order valence-corrected chi connectivity index (χ2v) is 9.27. The highest BCUT2D eigenvalue weighted by molar-refractivity contribution is 7.89. The van der Waals surface area contributed by atoms with E-state index in [2.05, 4.69) is 4.72 Å². The number of hydrogen-bond acceptors (Lipinski definition) is 4. The molecule has 3 aromatic carbocycles. The lowest BCUT2D eigenvalue weighted by molar-refractivity contribution is -0.124. The van der Waals surface area contributed by atoms with Crippen molar-refractivity contribution in [2.45, 2.75) is 29.7 Å². The predicted molar refractivity (Wildman–Crippen MR) is 122 cm³/mol. The molecule has 0 fully saturated rings. The molecule has 0 spiro atoms. The van der Waals surface area contributed by atoms with Gasteiger partial charge in [0, 0.05) is 12.0 Å². The number of nitrogens with one attached hydrogen (secondary N) is 1. The van der Waals surface area contributed by atoms with Gasteiger partial charge in [0.05, 0.1) is 4.90 Å². The Morgan fingerprint density at radius 2 is 1.31 bits per heavy atom. The van der Waals surface area contributed by atoms with Gasteiger partial charge in [-0.1, -0.05) is 60.7 Å². The Hall–Kier alpha value is -3.49. The van der Waals surface area contributed by atoms with Crippen molar-refractivity contribution < 1.29 is 18.0 Å². The fourth-order valence-corrected chi connectivity index (χ4v) is 4.90. The molecule has 32 heavy (non-hydrogen) atoms. The minimum atomic E-state index is -4.13. The second-order valence-electron chi connectivity index (χ2n) is 7.59. The van der Waals surface area contributed by atoms with E-state index in [-0.39, 0.29) is 23.3 Å². The lowest BCUT2D eigenvalue weighted by Crippen LogP contribution is -2.59. The standard InChI is InChI=1S/C24H25N3O4S/c25-22(28)20-11-13-21(14-12-20)32(30,31)27-24(23(26)29,17-19-9-5-2-6-10-19)16-15-18-7-3-1-4-8-18/h1-14,27H,15-17H2,(H2,25,28)(H2,26,29). The largest absolute Gasteiger partial charge is 0.368 e. The lowest BCUT2D eigenvalue weighted by atomic mass is 9.85. The molecular formula is C24H25N3O4S. The topological polar surface area (TPSA) is 132 Å².